The van der Waals surface area contributed by atoms with Gasteiger partial charge < -0.3 is 14.2 Å². The van der Waals surface area contributed by atoms with Crippen LogP contribution in [0.2, 0.25) is 0 Å². The van der Waals surface area contributed by atoms with Gasteiger partial charge in [-0.2, -0.15) is 0 Å². The topological polar surface area (TPSA) is 44.8 Å². The first-order chi connectivity index (χ1) is 6.61. The first-order valence-corrected chi connectivity index (χ1v) is 4.22. The van der Waals surface area contributed by atoms with Gasteiger partial charge >= 0.3 is 5.97 Å². The zero-order chi connectivity index (χ0) is 11.0. The Bertz CT molecular complexity index is 210. The lowest BCUT2D eigenvalue weighted by Gasteiger charge is -2.11. The lowest BCUT2D eigenvalue weighted by molar-refractivity contribution is -0.165. The van der Waals surface area contributed by atoms with Crippen molar-refractivity contribution in [3.8, 4) is 0 Å². The van der Waals surface area contributed by atoms with Crippen molar-refractivity contribution >= 4 is 5.97 Å². The molecule has 0 amide bonds. The van der Waals surface area contributed by atoms with Crippen LogP contribution in [0.3, 0.4) is 0 Å². The Labute approximate surface area is 84.1 Å². The standard InChI is InChI=1S/C10H16O4/c1-5-6-13-7-8(2)10(11)14-9(3)12-4/h5,9H,1-2,6-7H2,3-4H3. The molecule has 1 atom stereocenters. The highest BCUT2D eigenvalue weighted by molar-refractivity contribution is 5.88. The van der Waals surface area contributed by atoms with Crippen molar-refractivity contribution in [2.75, 3.05) is 20.3 Å². The van der Waals surface area contributed by atoms with E-state index in [4.69, 9.17) is 14.2 Å². The minimum Gasteiger partial charge on any atom is -0.433 e. The number of carbonyl (C=O) groups is 1. The van der Waals surface area contributed by atoms with Crippen LogP contribution in [-0.4, -0.2) is 32.6 Å². The van der Waals surface area contributed by atoms with Crippen molar-refractivity contribution in [2.45, 2.75) is 13.2 Å². The molecular formula is C10H16O4. The Morgan fingerprint density at radius 1 is 1.57 bits per heavy atom. The summed E-state index contributed by atoms with van der Waals surface area (Å²) in [6.45, 7) is 9.14. The van der Waals surface area contributed by atoms with Crippen LogP contribution in [0, 0.1) is 0 Å². The van der Waals surface area contributed by atoms with Gasteiger partial charge in [0.05, 0.1) is 18.8 Å². The molecule has 0 aliphatic heterocycles. The van der Waals surface area contributed by atoms with Crippen molar-refractivity contribution in [1.29, 1.82) is 0 Å². The molecule has 1 unspecified atom stereocenters. The predicted octanol–water partition coefficient (Wildman–Crippen LogP) is 1.28. The molecule has 0 heterocycles. The summed E-state index contributed by atoms with van der Waals surface area (Å²) in [4.78, 5) is 11.2. The van der Waals surface area contributed by atoms with Crippen molar-refractivity contribution in [1.82, 2.24) is 0 Å². The van der Waals surface area contributed by atoms with Gasteiger partial charge in [0.25, 0.3) is 0 Å². The molecule has 0 saturated heterocycles. The number of hydrogen-bond donors (Lipinski definition) is 0. The first kappa shape index (κ1) is 12.9. The Hall–Kier alpha value is -1.13. The molecule has 0 bridgehead atoms. The fourth-order valence-electron chi connectivity index (χ4n) is 0.607. The average Bonchev–Trinajstić information content (AvgIpc) is 2.17. The van der Waals surface area contributed by atoms with Crippen LogP contribution in [0.15, 0.2) is 24.8 Å². The molecule has 14 heavy (non-hydrogen) atoms. The fourth-order valence-corrected chi connectivity index (χ4v) is 0.607. The highest BCUT2D eigenvalue weighted by Crippen LogP contribution is 2.00. The van der Waals surface area contributed by atoms with E-state index in [0.717, 1.165) is 0 Å². The minimum atomic E-state index is -0.571. The molecule has 4 nitrogen and oxygen atoms in total. The smallest absolute Gasteiger partial charge is 0.338 e. The Morgan fingerprint density at radius 2 is 2.21 bits per heavy atom. The predicted molar refractivity (Wildman–Crippen MR) is 52.7 cm³/mol. The van der Waals surface area contributed by atoms with Crippen LogP contribution in [0.5, 0.6) is 0 Å². The van der Waals surface area contributed by atoms with E-state index < -0.39 is 12.3 Å². The van der Waals surface area contributed by atoms with Gasteiger partial charge in [-0.05, 0) is 6.92 Å². The van der Waals surface area contributed by atoms with E-state index in [-0.39, 0.29) is 12.2 Å². The van der Waals surface area contributed by atoms with Gasteiger partial charge in [-0.15, -0.1) is 6.58 Å². The summed E-state index contributed by atoms with van der Waals surface area (Å²) in [5.41, 5.74) is 0.260. The molecule has 0 aromatic carbocycles. The molecule has 0 aromatic heterocycles. The molecule has 0 N–H and O–H groups in total. The van der Waals surface area contributed by atoms with E-state index in [1.165, 1.54) is 7.11 Å². The second kappa shape index (κ2) is 7.29. The van der Waals surface area contributed by atoms with Crippen LogP contribution in [0.1, 0.15) is 6.92 Å². The number of ether oxygens (including phenoxy) is 3. The molecule has 0 spiro atoms. The molecule has 0 aliphatic carbocycles. The summed E-state index contributed by atoms with van der Waals surface area (Å²) < 4.78 is 14.6. The van der Waals surface area contributed by atoms with Gasteiger partial charge in [0, 0.05) is 7.11 Å². The monoisotopic (exact) mass is 200 g/mol. The summed E-state index contributed by atoms with van der Waals surface area (Å²) in [5, 5.41) is 0. The number of rotatable bonds is 7. The Balaban J connectivity index is 3.76. The van der Waals surface area contributed by atoms with Gasteiger partial charge in [0.2, 0.25) is 0 Å². The van der Waals surface area contributed by atoms with E-state index in [9.17, 15) is 4.79 Å². The number of hydrogen-bond acceptors (Lipinski definition) is 4. The van der Waals surface area contributed by atoms with E-state index in [1.54, 1.807) is 13.0 Å². The summed E-state index contributed by atoms with van der Waals surface area (Å²) in [6.07, 6.45) is 1.02. The van der Waals surface area contributed by atoms with Crippen molar-refractivity contribution in [2.24, 2.45) is 0 Å². The maximum absolute atomic E-state index is 11.2. The zero-order valence-corrected chi connectivity index (χ0v) is 8.62. The lowest BCUT2D eigenvalue weighted by Crippen LogP contribution is -2.19. The fraction of sp³-hybridized carbons (Fsp3) is 0.500. The van der Waals surface area contributed by atoms with Crippen LogP contribution in [0.4, 0.5) is 0 Å². The number of carbonyl (C=O) groups excluding carboxylic acids is 1. The molecule has 0 aliphatic rings. The van der Waals surface area contributed by atoms with Crippen molar-refractivity contribution in [3.63, 3.8) is 0 Å². The average molecular weight is 200 g/mol. The number of methoxy groups -OCH3 is 1. The molecule has 4 heteroatoms. The van der Waals surface area contributed by atoms with Gasteiger partial charge in [-0.3, -0.25) is 0 Å². The van der Waals surface area contributed by atoms with Crippen molar-refractivity contribution < 1.29 is 19.0 Å². The lowest BCUT2D eigenvalue weighted by atomic mass is 10.3. The van der Waals surface area contributed by atoms with Crippen LogP contribution < -0.4 is 0 Å². The zero-order valence-electron chi connectivity index (χ0n) is 8.62. The second-order valence-electron chi connectivity index (χ2n) is 2.62. The summed E-state index contributed by atoms with van der Waals surface area (Å²) >= 11 is 0. The third kappa shape index (κ3) is 5.50. The largest absolute Gasteiger partial charge is 0.433 e. The highest BCUT2D eigenvalue weighted by atomic mass is 16.7. The summed E-state index contributed by atoms with van der Waals surface area (Å²) in [6, 6.07) is 0. The Morgan fingerprint density at radius 3 is 2.71 bits per heavy atom. The highest BCUT2D eigenvalue weighted by Gasteiger charge is 2.11. The van der Waals surface area contributed by atoms with Gasteiger partial charge in [-0.1, -0.05) is 12.7 Å². The minimum absolute atomic E-state index is 0.140. The molecule has 0 fully saturated rings. The van der Waals surface area contributed by atoms with E-state index in [0.29, 0.717) is 6.61 Å². The molecule has 0 saturated carbocycles. The molecule has 0 radical (unpaired) electrons. The van der Waals surface area contributed by atoms with E-state index >= 15 is 0 Å². The summed E-state index contributed by atoms with van der Waals surface area (Å²) in [5.74, 6) is -0.511. The third-order valence-electron chi connectivity index (χ3n) is 1.41. The van der Waals surface area contributed by atoms with Gasteiger partial charge in [0.1, 0.15) is 0 Å². The first-order valence-electron chi connectivity index (χ1n) is 4.22. The van der Waals surface area contributed by atoms with Crippen LogP contribution >= 0.6 is 0 Å². The van der Waals surface area contributed by atoms with Crippen LogP contribution in [0.25, 0.3) is 0 Å². The van der Waals surface area contributed by atoms with E-state index in [2.05, 4.69) is 13.2 Å². The Kier molecular flexibility index (Phi) is 6.70. The summed E-state index contributed by atoms with van der Waals surface area (Å²) in [7, 11) is 1.45. The second-order valence-corrected chi connectivity index (χ2v) is 2.62. The molecular weight excluding hydrogens is 184 g/mol. The quantitative estimate of drug-likeness (QED) is 0.204. The number of esters is 1. The SMILES string of the molecule is C=CCOCC(=C)C(=O)OC(C)OC. The van der Waals surface area contributed by atoms with Crippen molar-refractivity contribution in [3.05, 3.63) is 24.8 Å². The molecule has 80 valence electrons. The van der Waals surface area contributed by atoms with Gasteiger partial charge in [0.15, 0.2) is 6.29 Å². The normalized spacial score (nSPS) is 11.9. The third-order valence-corrected chi connectivity index (χ3v) is 1.41. The molecule has 0 rings (SSSR count). The van der Waals surface area contributed by atoms with Gasteiger partial charge in [-0.25, -0.2) is 4.79 Å². The maximum atomic E-state index is 11.2. The maximum Gasteiger partial charge on any atom is 0.338 e. The van der Waals surface area contributed by atoms with Crippen LogP contribution in [-0.2, 0) is 19.0 Å². The molecule has 0 aromatic rings. The van der Waals surface area contributed by atoms with E-state index in [1.807, 2.05) is 0 Å².